The van der Waals surface area contributed by atoms with Gasteiger partial charge in [-0.05, 0) is 83.3 Å². The van der Waals surface area contributed by atoms with Crippen molar-refractivity contribution in [1.82, 2.24) is 20.0 Å². The Morgan fingerprint density at radius 1 is 0.933 bits per heavy atom. The van der Waals surface area contributed by atoms with Crippen LogP contribution in [0.15, 0.2) is 125 Å². The summed E-state index contributed by atoms with van der Waals surface area (Å²) in [5, 5.41) is 26.0. The number of aliphatic hydroxyl groups excluding tert-OH is 1. The number of aliphatic carboxylic acids is 1. The highest BCUT2D eigenvalue weighted by molar-refractivity contribution is 7.52. The molecule has 5 N–H and O–H groups in total. The molecular weight excluding hydrogens is 794 g/mol. The summed E-state index contributed by atoms with van der Waals surface area (Å²) in [7, 11) is -4.54. The molecule has 328 valence electrons. The molecule has 0 aliphatic carbocycles. The van der Waals surface area contributed by atoms with E-state index in [1.54, 1.807) is 18.2 Å². The zero-order valence-corrected chi connectivity index (χ0v) is 35.3. The molecule has 1 saturated heterocycles. The van der Waals surface area contributed by atoms with Crippen molar-refractivity contribution in [2.45, 2.75) is 115 Å². The van der Waals surface area contributed by atoms with Crippen LogP contribution in [0.4, 0.5) is 4.39 Å². The lowest BCUT2D eigenvalue weighted by molar-refractivity contribution is -0.139. The summed E-state index contributed by atoms with van der Waals surface area (Å²) in [4.78, 5) is 50.4. The van der Waals surface area contributed by atoms with E-state index in [0.29, 0.717) is 32.2 Å². The topological polar surface area (TPSA) is 198 Å². The Balaban J connectivity index is 1.39. The number of carboxylic acid groups (broad SMARTS) is 1. The monoisotopic (exact) mass is 854 g/mol. The van der Waals surface area contributed by atoms with Crippen molar-refractivity contribution >= 4 is 19.6 Å². The van der Waals surface area contributed by atoms with E-state index in [1.165, 1.54) is 12.1 Å². The number of alkyl halides is 1. The number of hydrogen-bond donors (Lipinski definition) is 5. The van der Waals surface area contributed by atoms with Gasteiger partial charge in [0.25, 0.3) is 5.56 Å². The lowest BCUT2D eigenvalue weighted by Crippen LogP contribution is -2.44. The Kier molecular flexibility index (Phi) is 22.3. The molecule has 0 spiro atoms. The molecule has 1 aromatic heterocycles. The van der Waals surface area contributed by atoms with E-state index in [9.17, 15) is 34.0 Å². The van der Waals surface area contributed by atoms with Crippen LogP contribution < -0.4 is 26.2 Å². The van der Waals surface area contributed by atoms with Gasteiger partial charge in [-0.1, -0.05) is 98.0 Å². The Morgan fingerprint density at radius 3 is 2.08 bits per heavy atom. The molecule has 60 heavy (non-hydrogen) atoms. The number of nitrogens with zero attached hydrogens (tertiary/aromatic N) is 1. The molecule has 2 heterocycles. The van der Waals surface area contributed by atoms with Crippen LogP contribution in [-0.4, -0.2) is 68.7 Å². The highest BCUT2D eigenvalue weighted by Gasteiger charge is 2.56. The fourth-order valence-corrected chi connectivity index (χ4v) is 7.47. The molecule has 14 nitrogen and oxygen atoms in total. The maximum atomic E-state index is 15.7. The van der Waals surface area contributed by atoms with Crippen LogP contribution in [0.3, 0.4) is 0 Å². The fraction of sp³-hybridized carbons (Fsp3) is 0.455. The van der Waals surface area contributed by atoms with Crippen LogP contribution in [0.5, 0.6) is 5.75 Å². The Labute approximate surface area is 351 Å². The Morgan fingerprint density at radius 2 is 1.52 bits per heavy atom. The number of carbonyl (C=O) groups is 2. The summed E-state index contributed by atoms with van der Waals surface area (Å²) in [6.07, 6.45) is 28.6. The Bertz CT molecular complexity index is 1960. The molecular formula is C44H60FN4O10P. The van der Waals surface area contributed by atoms with Crippen LogP contribution >= 0.6 is 7.75 Å². The third kappa shape index (κ3) is 18.1. The predicted molar refractivity (Wildman–Crippen MR) is 230 cm³/mol. The first kappa shape index (κ1) is 49.4. The number of unbranched alkanes of at least 4 members (excludes halogenated alkanes) is 1. The van der Waals surface area contributed by atoms with Crippen LogP contribution in [-0.2, 0) is 23.4 Å². The second-order valence-electron chi connectivity index (χ2n) is 14.2. The molecule has 1 aliphatic rings. The number of allylic oxidation sites excluding steroid dienone is 12. The van der Waals surface area contributed by atoms with Crippen molar-refractivity contribution in [3.05, 3.63) is 136 Å². The van der Waals surface area contributed by atoms with Crippen LogP contribution in [0.2, 0.25) is 0 Å². The quantitative estimate of drug-likeness (QED) is 0.0322. The SMILES string of the molecule is CCC=CCC=CCC=CCC=CCC=CCC=CCCC(=O)NCCCCC(NP(=O)(OCC1OC(n2ccc(=O)[nH]c2=O)C(C)(F)C1O)Oc1ccccc1)C(=O)O. The van der Waals surface area contributed by atoms with Gasteiger partial charge in [-0.25, -0.2) is 13.8 Å². The van der Waals surface area contributed by atoms with Gasteiger partial charge in [0.15, 0.2) is 11.9 Å². The van der Waals surface area contributed by atoms with Gasteiger partial charge in [-0.3, -0.25) is 28.5 Å². The van der Waals surface area contributed by atoms with E-state index in [-0.39, 0.29) is 18.1 Å². The number of para-hydroxylation sites is 1. The van der Waals surface area contributed by atoms with Gasteiger partial charge in [0.05, 0.1) is 6.61 Å². The zero-order valence-electron chi connectivity index (χ0n) is 34.4. The molecule has 1 aliphatic heterocycles. The van der Waals surface area contributed by atoms with Crippen molar-refractivity contribution in [2.75, 3.05) is 13.2 Å². The number of rotatable bonds is 28. The first-order valence-corrected chi connectivity index (χ1v) is 21.9. The standard InChI is InChI=1S/C44H60FN4O10P/c1-3-4-5-6-7-8-9-10-11-12-13-14-15-16-17-18-19-20-24-30-38(50)46-32-26-25-29-36(41(53)54)48-60(56,59-35-27-22-21-23-28-35)57-34-37-40(52)44(2,45)42(58-37)49-33-31-39(51)47-43(49)55/h4-5,7-8,10-11,13-14,16-17,19-23,27-28,31,33,36-37,40,42,52H,3,6,9,12,15,18,24-26,29-30,32,34H2,1-2H3,(H,46,50)(H,48,56)(H,53,54)(H,47,51,55). The molecule has 0 radical (unpaired) electrons. The second-order valence-corrected chi connectivity index (χ2v) is 15.9. The van der Waals surface area contributed by atoms with Crippen LogP contribution in [0.25, 0.3) is 0 Å². The maximum absolute atomic E-state index is 15.7. The summed E-state index contributed by atoms with van der Waals surface area (Å²) >= 11 is 0. The number of aliphatic hydroxyl groups is 1. The first-order chi connectivity index (χ1) is 28.9. The molecule has 1 amide bonds. The van der Waals surface area contributed by atoms with Gasteiger partial charge >= 0.3 is 19.4 Å². The number of benzene rings is 1. The Hall–Kier alpha value is -4.92. The molecule has 2 aromatic rings. The summed E-state index contributed by atoms with van der Waals surface area (Å²) in [5.74, 6) is -1.41. The van der Waals surface area contributed by atoms with Crippen molar-refractivity contribution in [2.24, 2.45) is 0 Å². The van der Waals surface area contributed by atoms with Gasteiger partial charge in [0.2, 0.25) is 5.91 Å². The summed E-state index contributed by atoms with van der Waals surface area (Å²) < 4.78 is 47.3. The van der Waals surface area contributed by atoms with E-state index < -0.39 is 61.7 Å². The molecule has 16 heteroatoms. The summed E-state index contributed by atoms with van der Waals surface area (Å²) in [6, 6.07) is 7.37. The zero-order chi connectivity index (χ0) is 43.6. The minimum atomic E-state index is -4.54. The summed E-state index contributed by atoms with van der Waals surface area (Å²) in [5.41, 5.74) is -4.25. The molecule has 6 unspecified atom stereocenters. The molecule has 0 saturated carbocycles. The second kappa shape index (κ2) is 27.0. The van der Waals surface area contributed by atoms with E-state index in [4.69, 9.17) is 13.8 Å². The maximum Gasteiger partial charge on any atom is 0.459 e. The third-order valence-corrected chi connectivity index (χ3v) is 10.8. The number of hydrogen-bond acceptors (Lipinski definition) is 9. The predicted octanol–water partition coefficient (Wildman–Crippen LogP) is 7.53. The smallest absolute Gasteiger partial charge is 0.459 e. The van der Waals surface area contributed by atoms with Crippen LogP contribution in [0, 0.1) is 0 Å². The number of carboxylic acids is 1. The average molecular weight is 855 g/mol. The van der Waals surface area contributed by atoms with Crippen molar-refractivity contribution in [1.29, 1.82) is 0 Å². The van der Waals surface area contributed by atoms with Crippen LogP contribution in [0.1, 0.15) is 90.7 Å². The highest BCUT2D eigenvalue weighted by atomic mass is 31.2. The van der Waals surface area contributed by atoms with Crippen molar-refractivity contribution < 1.29 is 42.5 Å². The van der Waals surface area contributed by atoms with Crippen molar-refractivity contribution in [3.8, 4) is 5.75 Å². The number of carbonyl (C=O) groups excluding carboxylic acids is 1. The number of H-pyrrole nitrogens is 1. The van der Waals surface area contributed by atoms with Gasteiger partial charge in [0, 0.05) is 25.2 Å². The molecule has 3 rings (SSSR count). The fourth-order valence-electron chi connectivity index (χ4n) is 5.92. The normalized spacial score (nSPS) is 21.2. The lowest BCUT2D eigenvalue weighted by atomic mass is 9.98. The highest BCUT2D eigenvalue weighted by Crippen LogP contribution is 2.47. The lowest BCUT2D eigenvalue weighted by Gasteiger charge is -2.25. The van der Waals surface area contributed by atoms with Crippen molar-refractivity contribution in [3.63, 3.8) is 0 Å². The molecule has 1 aromatic carbocycles. The largest absolute Gasteiger partial charge is 0.480 e. The molecule has 6 atom stereocenters. The van der Waals surface area contributed by atoms with Gasteiger partial charge in [0.1, 0.15) is 24.0 Å². The van der Waals surface area contributed by atoms with Gasteiger partial charge in [-0.15, -0.1) is 0 Å². The van der Waals surface area contributed by atoms with E-state index >= 15 is 4.39 Å². The number of nitrogens with one attached hydrogen (secondary N) is 3. The number of amides is 1. The number of ether oxygens (including phenoxy) is 1. The number of aromatic nitrogens is 2. The summed E-state index contributed by atoms with van der Waals surface area (Å²) in [6.45, 7) is 2.70. The minimum absolute atomic E-state index is 0.0163. The van der Waals surface area contributed by atoms with E-state index in [2.05, 4.69) is 78.1 Å². The van der Waals surface area contributed by atoms with Gasteiger partial charge < -0.3 is 24.8 Å². The number of aromatic amines is 1. The number of halogens is 1. The van der Waals surface area contributed by atoms with E-state index in [0.717, 1.165) is 62.3 Å². The minimum Gasteiger partial charge on any atom is -0.480 e. The van der Waals surface area contributed by atoms with E-state index in [1.807, 2.05) is 17.1 Å². The first-order valence-electron chi connectivity index (χ1n) is 20.4. The molecule has 0 bridgehead atoms. The third-order valence-electron chi connectivity index (χ3n) is 9.19. The van der Waals surface area contributed by atoms with Gasteiger partial charge in [-0.2, -0.15) is 5.09 Å². The average Bonchev–Trinajstić information content (AvgIpc) is 3.44. The molecule has 1 fully saturated rings.